The van der Waals surface area contributed by atoms with Gasteiger partial charge >= 0.3 is 5.97 Å². The third-order valence-corrected chi connectivity index (χ3v) is 4.54. The lowest BCUT2D eigenvalue weighted by Crippen LogP contribution is -2.05. The Labute approximate surface area is 139 Å². The highest BCUT2D eigenvalue weighted by molar-refractivity contribution is 5.97. The van der Waals surface area contributed by atoms with Crippen LogP contribution in [0.25, 0.3) is 11.1 Å². The van der Waals surface area contributed by atoms with E-state index in [1.54, 1.807) is 6.07 Å². The number of aromatic carboxylic acids is 1. The van der Waals surface area contributed by atoms with Crippen LogP contribution in [-0.4, -0.2) is 11.1 Å². The number of rotatable bonds is 8. The Balaban J connectivity index is 2.36. The standard InChI is InChI=1S/C21H26O2/c1-3-9-16(4-2)14-15-18-12-8-13-19(21(22)23)20(18)17-10-6-5-7-11-17/h5-8,10-13,16H,3-4,9,14-15H2,1-2H3,(H,22,23). The summed E-state index contributed by atoms with van der Waals surface area (Å²) in [5, 5.41) is 9.56. The predicted octanol–water partition coefficient (Wildman–Crippen LogP) is 5.81. The number of aryl methyl sites for hydroxylation is 1. The molecule has 0 spiro atoms. The maximum atomic E-state index is 11.6. The van der Waals surface area contributed by atoms with Crippen LogP contribution in [-0.2, 0) is 6.42 Å². The molecule has 0 aliphatic carbocycles. The highest BCUT2D eigenvalue weighted by Crippen LogP contribution is 2.30. The van der Waals surface area contributed by atoms with E-state index in [0.717, 1.165) is 35.4 Å². The van der Waals surface area contributed by atoms with Gasteiger partial charge in [0.2, 0.25) is 0 Å². The van der Waals surface area contributed by atoms with Crippen LogP contribution in [0.1, 0.15) is 55.5 Å². The van der Waals surface area contributed by atoms with Crippen molar-refractivity contribution in [3.05, 3.63) is 59.7 Å². The first kappa shape index (κ1) is 17.3. The number of carbonyl (C=O) groups is 1. The Morgan fingerprint density at radius 1 is 1.00 bits per heavy atom. The number of hydrogen-bond acceptors (Lipinski definition) is 1. The van der Waals surface area contributed by atoms with Gasteiger partial charge in [-0.1, -0.05) is 75.6 Å². The molecule has 0 radical (unpaired) electrons. The maximum Gasteiger partial charge on any atom is 0.336 e. The molecule has 23 heavy (non-hydrogen) atoms. The fourth-order valence-electron chi connectivity index (χ4n) is 3.25. The Morgan fingerprint density at radius 2 is 1.74 bits per heavy atom. The lowest BCUT2D eigenvalue weighted by Gasteiger charge is -2.17. The second kappa shape index (κ2) is 8.52. The summed E-state index contributed by atoms with van der Waals surface area (Å²) in [5.74, 6) is -0.136. The Kier molecular flexibility index (Phi) is 6.40. The summed E-state index contributed by atoms with van der Waals surface area (Å²) in [6.45, 7) is 4.47. The molecule has 0 heterocycles. The van der Waals surface area contributed by atoms with Crippen molar-refractivity contribution in [1.82, 2.24) is 0 Å². The van der Waals surface area contributed by atoms with E-state index in [1.807, 2.05) is 36.4 Å². The monoisotopic (exact) mass is 310 g/mol. The summed E-state index contributed by atoms with van der Waals surface area (Å²) in [5.41, 5.74) is 3.42. The highest BCUT2D eigenvalue weighted by Gasteiger charge is 2.16. The van der Waals surface area contributed by atoms with Gasteiger partial charge in [0, 0.05) is 0 Å². The summed E-state index contributed by atoms with van der Waals surface area (Å²) < 4.78 is 0. The Hall–Kier alpha value is -2.09. The molecule has 2 heteroatoms. The topological polar surface area (TPSA) is 37.3 Å². The van der Waals surface area contributed by atoms with Crippen molar-refractivity contribution in [1.29, 1.82) is 0 Å². The zero-order chi connectivity index (χ0) is 16.7. The lowest BCUT2D eigenvalue weighted by molar-refractivity contribution is 0.0697. The minimum absolute atomic E-state index is 0.400. The molecule has 0 aliphatic rings. The molecule has 0 amide bonds. The van der Waals surface area contributed by atoms with E-state index in [-0.39, 0.29) is 0 Å². The van der Waals surface area contributed by atoms with Crippen molar-refractivity contribution in [3.63, 3.8) is 0 Å². The molecule has 1 unspecified atom stereocenters. The Bertz CT molecular complexity index is 632. The highest BCUT2D eigenvalue weighted by atomic mass is 16.4. The fraction of sp³-hybridized carbons (Fsp3) is 0.381. The number of benzene rings is 2. The Morgan fingerprint density at radius 3 is 2.35 bits per heavy atom. The SMILES string of the molecule is CCCC(CC)CCc1cccc(C(=O)O)c1-c1ccccc1. The molecular formula is C21H26O2. The van der Waals surface area contributed by atoms with E-state index in [2.05, 4.69) is 19.9 Å². The van der Waals surface area contributed by atoms with Crippen molar-refractivity contribution >= 4 is 5.97 Å². The second-order valence-corrected chi connectivity index (χ2v) is 6.11. The normalized spacial score (nSPS) is 12.1. The van der Waals surface area contributed by atoms with Gasteiger partial charge in [0.05, 0.1) is 5.56 Å². The third kappa shape index (κ3) is 4.44. The molecule has 2 rings (SSSR count). The predicted molar refractivity (Wildman–Crippen MR) is 95.8 cm³/mol. The lowest BCUT2D eigenvalue weighted by atomic mass is 9.88. The number of carboxylic acid groups (broad SMARTS) is 1. The van der Waals surface area contributed by atoms with E-state index in [0.29, 0.717) is 5.56 Å². The fourth-order valence-corrected chi connectivity index (χ4v) is 3.25. The molecule has 0 saturated heterocycles. The maximum absolute atomic E-state index is 11.6. The minimum Gasteiger partial charge on any atom is -0.478 e. The number of hydrogen-bond donors (Lipinski definition) is 1. The van der Waals surface area contributed by atoms with Gasteiger partial charge in [0.1, 0.15) is 0 Å². The quantitative estimate of drug-likeness (QED) is 0.668. The van der Waals surface area contributed by atoms with Crippen LogP contribution in [0.15, 0.2) is 48.5 Å². The van der Waals surface area contributed by atoms with Crippen LogP contribution < -0.4 is 0 Å². The van der Waals surface area contributed by atoms with Crippen molar-refractivity contribution in [2.75, 3.05) is 0 Å². The summed E-state index contributed by atoms with van der Waals surface area (Å²) in [7, 11) is 0. The first-order valence-corrected chi connectivity index (χ1v) is 8.57. The summed E-state index contributed by atoms with van der Waals surface area (Å²) in [6.07, 6.45) is 5.69. The van der Waals surface area contributed by atoms with Gasteiger partial charge in [0.15, 0.2) is 0 Å². The summed E-state index contributed by atoms with van der Waals surface area (Å²) in [4.78, 5) is 11.6. The van der Waals surface area contributed by atoms with E-state index >= 15 is 0 Å². The second-order valence-electron chi connectivity index (χ2n) is 6.11. The first-order valence-electron chi connectivity index (χ1n) is 8.57. The van der Waals surface area contributed by atoms with E-state index in [9.17, 15) is 9.90 Å². The molecule has 0 saturated carbocycles. The molecule has 0 aliphatic heterocycles. The van der Waals surface area contributed by atoms with Crippen molar-refractivity contribution in [2.45, 2.75) is 46.0 Å². The summed E-state index contributed by atoms with van der Waals surface area (Å²) >= 11 is 0. The van der Waals surface area contributed by atoms with Gasteiger partial charge in [-0.05, 0) is 41.5 Å². The zero-order valence-corrected chi connectivity index (χ0v) is 14.1. The molecule has 1 N–H and O–H groups in total. The van der Waals surface area contributed by atoms with Crippen molar-refractivity contribution in [2.24, 2.45) is 5.92 Å². The van der Waals surface area contributed by atoms with E-state index in [4.69, 9.17) is 0 Å². The van der Waals surface area contributed by atoms with Crippen LogP contribution in [0.4, 0.5) is 0 Å². The van der Waals surface area contributed by atoms with Gasteiger partial charge in [-0.3, -0.25) is 0 Å². The average molecular weight is 310 g/mol. The molecule has 2 nitrogen and oxygen atoms in total. The third-order valence-electron chi connectivity index (χ3n) is 4.54. The van der Waals surface area contributed by atoms with Gasteiger partial charge in [-0.25, -0.2) is 4.79 Å². The molecule has 0 aromatic heterocycles. The van der Waals surface area contributed by atoms with Crippen molar-refractivity contribution in [3.8, 4) is 11.1 Å². The van der Waals surface area contributed by atoms with Gasteiger partial charge < -0.3 is 5.11 Å². The van der Waals surface area contributed by atoms with Gasteiger partial charge in [-0.15, -0.1) is 0 Å². The van der Waals surface area contributed by atoms with Crippen LogP contribution in [0, 0.1) is 5.92 Å². The van der Waals surface area contributed by atoms with Gasteiger partial charge in [-0.2, -0.15) is 0 Å². The van der Waals surface area contributed by atoms with E-state index < -0.39 is 5.97 Å². The average Bonchev–Trinajstić information content (AvgIpc) is 2.58. The van der Waals surface area contributed by atoms with Crippen LogP contribution in [0.2, 0.25) is 0 Å². The first-order chi connectivity index (χ1) is 11.2. The zero-order valence-electron chi connectivity index (χ0n) is 14.1. The largest absolute Gasteiger partial charge is 0.478 e. The molecule has 0 bridgehead atoms. The van der Waals surface area contributed by atoms with Crippen LogP contribution in [0.3, 0.4) is 0 Å². The molecular weight excluding hydrogens is 284 g/mol. The summed E-state index contributed by atoms with van der Waals surface area (Å²) in [6, 6.07) is 15.5. The molecule has 2 aromatic carbocycles. The number of carboxylic acids is 1. The smallest absolute Gasteiger partial charge is 0.336 e. The molecule has 0 fully saturated rings. The van der Waals surface area contributed by atoms with Gasteiger partial charge in [0.25, 0.3) is 0 Å². The van der Waals surface area contributed by atoms with Crippen LogP contribution >= 0.6 is 0 Å². The van der Waals surface area contributed by atoms with E-state index in [1.165, 1.54) is 19.3 Å². The molecule has 122 valence electrons. The minimum atomic E-state index is -0.855. The van der Waals surface area contributed by atoms with Crippen LogP contribution in [0.5, 0.6) is 0 Å². The van der Waals surface area contributed by atoms with Crippen molar-refractivity contribution < 1.29 is 9.90 Å². The molecule has 2 aromatic rings. The molecule has 1 atom stereocenters.